The number of nitrogens with zero attached hydrogens (tertiary/aromatic N) is 3. The van der Waals surface area contributed by atoms with Crippen molar-refractivity contribution in [3.05, 3.63) is 53.4 Å². The van der Waals surface area contributed by atoms with Gasteiger partial charge in [0.1, 0.15) is 0 Å². The largest absolute Gasteiger partial charge is 0.359 e. The van der Waals surface area contributed by atoms with Gasteiger partial charge in [-0.05, 0) is 24.8 Å². The van der Waals surface area contributed by atoms with Gasteiger partial charge in [0.25, 0.3) is 0 Å². The van der Waals surface area contributed by atoms with Crippen molar-refractivity contribution in [1.29, 1.82) is 0 Å². The lowest BCUT2D eigenvalue weighted by atomic mass is 10.1. The maximum Gasteiger partial charge on any atom is 0.191 e. The van der Waals surface area contributed by atoms with Crippen molar-refractivity contribution in [2.75, 3.05) is 13.6 Å². The molecule has 2 aromatic rings. The Kier molecular flexibility index (Phi) is 6.50. The second kappa shape index (κ2) is 9.04. The Morgan fingerprint density at radius 3 is 2.78 bits per heavy atom. The van der Waals surface area contributed by atoms with E-state index >= 15 is 0 Å². The van der Waals surface area contributed by atoms with Gasteiger partial charge in [-0.3, -0.25) is 9.89 Å². The first-order chi connectivity index (χ1) is 13.0. The molecular weight excluding hydrogens is 338 g/mol. The summed E-state index contributed by atoms with van der Waals surface area (Å²) in [7, 11) is 1.80. The number of rotatable bonds is 6. The SMILES string of the molecule is CN=C(NCc1cc(C(C)C)no1)NC1CC(C)N(Cc2ccccc2)C1. The lowest BCUT2D eigenvalue weighted by Gasteiger charge is -2.21. The normalized spacial score (nSPS) is 21.0. The van der Waals surface area contributed by atoms with Crippen LogP contribution in [-0.4, -0.2) is 41.7 Å². The van der Waals surface area contributed by atoms with E-state index in [1.54, 1.807) is 7.05 Å². The minimum atomic E-state index is 0.371. The first-order valence-corrected chi connectivity index (χ1v) is 9.75. The van der Waals surface area contributed by atoms with Crippen LogP contribution in [0.3, 0.4) is 0 Å². The highest BCUT2D eigenvalue weighted by molar-refractivity contribution is 5.79. The molecule has 1 aromatic carbocycles. The molecule has 1 saturated heterocycles. The zero-order chi connectivity index (χ0) is 19.2. The average Bonchev–Trinajstić information content (AvgIpc) is 3.27. The fraction of sp³-hybridized carbons (Fsp3) is 0.524. The molecule has 0 radical (unpaired) electrons. The van der Waals surface area contributed by atoms with Crippen molar-refractivity contribution in [3.8, 4) is 0 Å². The van der Waals surface area contributed by atoms with Gasteiger partial charge in [-0.25, -0.2) is 0 Å². The summed E-state index contributed by atoms with van der Waals surface area (Å²) in [5.41, 5.74) is 2.34. The molecule has 2 heterocycles. The van der Waals surface area contributed by atoms with Crippen LogP contribution in [0.15, 0.2) is 45.9 Å². The molecule has 0 saturated carbocycles. The molecule has 0 amide bonds. The van der Waals surface area contributed by atoms with Crippen LogP contribution in [0.1, 0.15) is 50.1 Å². The molecule has 0 spiro atoms. The quantitative estimate of drug-likeness (QED) is 0.605. The minimum absolute atomic E-state index is 0.371. The summed E-state index contributed by atoms with van der Waals surface area (Å²) in [6.07, 6.45) is 1.10. The van der Waals surface area contributed by atoms with Crippen LogP contribution in [0.25, 0.3) is 0 Å². The van der Waals surface area contributed by atoms with Gasteiger partial charge in [-0.15, -0.1) is 0 Å². The first-order valence-electron chi connectivity index (χ1n) is 9.75. The van der Waals surface area contributed by atoms with Crippen LogP contribution in [0, 0.1) is 0 Å². The topological polar surface area (TPSA) is 65.7 Å². The van der Waals surface area contributed by atoms with E-state index in [1.165, 1.54) is 5.56 Å². The van der Waals surface area contributed by atoms with Gasteiger partial charge in [-0.2, -0.15) is 0 Å². The van der Waals surface area contributed by atoms with Crippen molar-refractivity contribution in [3.63, 3.8) is 0 Å². The smallest absolute Gasteiger partial charge is 0.191 e. The number of aliphatic imine (C=N–C) groups is 1. The van der Waals surface area contributed by atoms with Crippen molar-refractivity contribution in [2.24, 2.45) is 4.99 Å². The van der Waals surface area contributed by atoms with E-state index in [-0.39, 0.29) is 0 Å². The summed E-state index contributed by atoms with van der Waals surface area (Å²) >= 11 is 0. The molecule has 1 fully saturated rings. The zero-order valence-corrected chi connectivity index (χ0v) is 16.8. The minimum Gasteiger partial charge on any atom is -0.359 e. The Bertz CT molecular complexity index is 740. The molecule has 2 atom stereocenters. The molecule has 0 aliphatic carbocycles. The van der Waals surface area contributed by atoms with E-state index in [4.69, 9.17) is 4.52 Å². The monoisotopic (exact) mass is 369 g/mol. The standard InChI is InChI=1S/C21H31N5O/c1-15(2)20-11-19(27-25-20)12-23-21(22-4)24-18-10-16(3)26(14-18)13-17-8-6-5-7-9-17/h5-9,11,15-16,18H,10,12-14H2,1-4H3,(H2,22,23,24). The van der Waals surface area contributed by atoms with E-state index in [9.17, 15) is 0 Å². The Balaban J connectivity index is 1.49. The summed E-state index contributed by atoms with van der Waals surface area (Å²) in [6, 6.07) is 13.6. The highest BCUT2D eigenvalue weighted by Crippen LogP contribution is 2.20. The van der Waals surface area contributed by atoms with Gasteiger partial charge in [0.05, 0.1) is 12.2 Å². The van der Waals surface area contributed by atoms with E-state index < -0.39 is 0 Å². The van der Waals surface area contributed by atoms with E-state index in [0.717, 1.165) is 36.9 Å². The molecule has 2 N–H and O–H groups in total. The predicted octanol–water partition coefficient (Wildman–Crippen LogP) is 3.13. The van der Waals surface area contributed by atoms with Crippen LogP contribution in [0.5, 0.6) is 0 Å². The molecule has 6 heteroatoms. The average molecular weight is 370 g/mol. The Labute approximate surface area is 162 Å². The summed E-state index contributed by atoms with van der Waals surface area (Å²) in [4.78, 5) is 6.88. The van der Waals surface area contributed by atoms with Crippen LogP contribution < -0.4 is 10.6 Å². The van der Waals surface area contributed by atoms with Gasteiger partial charge in [0.15, 0.2) is 11.7 Å². The highest BCUT2D eigenvalue weighted by Gasteiger charge is 2.29. The molecular formula is C21H31N5O. The maximum atomic E-state index is 5.39. The van der Waals surface area contributed by atoms with Crippen molar-refractivity contribution in [1.82, 2.24) is 20.7 Å². The first kappa shape index (κ1) is 19.4. The molecule has 1 aliphatic heterocycles. The second-order valence-corrected chi connectivity index (χ2v) is 7.64. The van der Waals surface area contributed by atoms with E-state index in [2.05, 4.69) is 76.8 Å². The van der Waals surface area contributed by atoms with Gasteiger partial charge in [0.2, 0.25) is 0 Å². The third-order valence-electron chi connectivity index (χ3n) is 5.10. The van der Waals surface area contributed by atoms with E-state index in [0.29, 0.717) is 24.5 Å². The van der Waals surface area contributed by atoms with Crippen molar-refractivity contribution in [2.45, 2.75) is 58.3 Å². The zero-order valence-electron chi connectivity index (χ0n) is 16.8. The molecule has 146 valence electrons. The molecule has 3 rings (SSSR count). The number of benzene rings is 1. The van der Waals surface area contributed by atoms with Crippen LogP contribution >= 0.6 is 0 Å². The molecule has 27 heavy (non-hydrogen) atoms. The number of guanidine groups is 1. The molecule has 2 unspecified atom stereocenters. The van der Waals surface area contributed by atoms with Crippen molar-refractivity contribution < 1.29 is 4.52 Å². The lowest BCUT2D eigenvalue weighted by Crippen LogP contribution is -2.44. The van der Waals surface area contributed by atoms with Crippen LogP contribution in [-0.2, 0) is 13.1 Å². The predicted molar refractivity (Wildman–Crippen MR) is 109 cm³/mol. The summed E-state index contributed by atoms with van der Waals surface area (Å²) in [5, 5.41) is 11.0. The third-order valence-corrected chi connectivity index (χ3v) is 5.10. The van der Waals surface area contributed by atoms with Gasteiger partial charge < -0.3 is 15.2 Å². The van der Waals surface area contributed by atoms with Crippen molar-refractivity contribution >= 4 is 5.96 Å². The van der Waals surface area contributed by atoms with Gasteiger partial charge in [0, 0.05) is 38.3 Å². The third kappa shape index (κ3) is 5.32. The van der Waals surface area contributed by atoms with Gasteiger partial charge in [-0.1, -0.05) is 49.3 Å². The Hall–Kier alpha value is -2.34. The number of aromatic nitrogens is 1. The molecule has 1 aliphatic rings. The maximum absolute atomic E-state index is 5.39. The Morgan fingerprint density at radius 2 is 2.11 bits per heavy atom. The van der Waals surface area contributed by atoms with Gasteiger partial charge >= 0.3 is 0 Å². The molecule has 0 bridgehead atoms. The number of hydrogen-bond donors (Lipinski definition) is 2. The number of likely N-dealkylation sites (tertiary alicyclic amines) is 1. The fourth-order valence-electron chi connectivity index (χ4n) is 3.48. The fourth-order valence-corrected chi connectivity index (χ4v) is 3.48. The summed E-state index contributed by atoms with van der Waals surface area (Å²) < 4.78 is 5.39. The molecule has 1 aromatic heterocycles. The number of hydrogen-bond acceptors (Lipinski definition) is 4. The summed E-state index contributed by atoms with van der Waals surface area (Å²) in [5.74, 6) is 2.00. The highest BCUT2D eigenvalue weighted by atomic mass is 16.5. The van der Waals surface area contributed by atoms with Crippen LogP contribution in [0.2, 0.25) is 0 Å². The lowest BCUT2D eigenvalue weighted by molar-refractivity contribution is 0.258. The Morgan fingerprint density at radius 1 is 1.33 bits per heavy atom. The second-order valence-electron chi connectivity index (χ2n) is 7.64. The summed E-state index contributed by atoms with van der Waals surface area (Å²) in [6.45, 7) is 9.09. The van der Waals surface area contributed by atoms with E-state index in [1.807, 2.05) is 6.07 Å². The number of nitrogens with one attached hydrogen (secondary N) is 2. The van der Waals surface area contributed by atoms with Crippen LogP contribution in [0.4, 0.5) is 0 Å². The molecule has 6 nitrogen and oxygen atoms in total.